The maximum absolute atomic E-state index is 14.0. The van der Waals surface area contributed by atoms with Gasteiger partial charge in [-0.3, -0.25) is 4.79 Å². The lowest BCUT2D eigenvalue weighted by atomic mass is 9.95. The van der Waals surface area contributed by atoms with Crippen LogP contribution in [0.3, 0.4) is 0 Å². The van der Waals surface area contributed by atoms with E-state index in [1.807, 2.05) is 67.1 Å². The molecule has 1 aliphatic heterocycles. The lowest BCUT2D eigenvalue weighted by molar-refractivity contribution is -0.113. The number of allylic oxidation sites excluding steroid dienone is 1. The van der Waals surface area contributed by atoms with Gasteiger partial charge in [-0.15, -0.1) is 5.10 Å². The lowest BCUT2D eigenvalue weighted by Crippen LogP contribution is -2.31. The van der Waals surface area contributed by atoms with E-state index < -0.39 is 6.04 Å². The van der Waals surface area contributed by atoms with Crippen LogP contribution in [0.15, 0.2) is 77.1 Å². The molecule has 44 heavy (non-hydrogen) atoms. The van der Waals surface area contributed by atoms with E-state index in [1.54, 1.807) is 11.8 Å². The van der Waals surface area contributed by atoms with Crippen LogP contribution in [0, 0.1) is 20.8 Å². The quantitative estimate of drug-likeness (QED) is 0.124. The normalized spacial score (nSPS) is 14.2. The van der Waals surface area contributed by atoms with Crippen LogP contribution < -0.4 is 20.1 Å². The Balaban J connectivity index is 1.45. The van der Waals surface area contributed by atoms with Crippen molar-refractivity contribution < 1.29 is 14.3 Å². The van der Waals surface area contributed by atoms with E-state index in [2.05, 4.69) is 50.5 Å². The van der Waals surface area contributed by atoms with Gasteiger partial charge in [0.2, 0.25) is 11.1 Å². The molecule has 1 amide bonds. The van der Waals surface area contributed by atoms with Crippen molar-refractivity contribution in [2.24, 2.45) is 0 Å². The summed E-state index contributed by atoms with van der Waals surface area (Å²) in [6.07, 6.45) is 2.19. The van der Waals surface area contributed by atoms with E-state index in [1.165, 1.54) is 22.3 Å². The first-order chi connectivity index (χ1) is 21.3. The second-order valence-electron chi connectivity index (χ2n) is 11.0. The van der Waals surface area contributed by atoms with Crippen molar-refractivity contribution in [1.29, 1.82) is 0 Å². The van der Waals surface area contributed by atoms with Crippen LogP contribution in [-0.2, 0) is 11.4 Å². The highest BCUT2D eigenvalue weighted by Crippen LogP contribution is 2.38. The number of nitrogens with zero attached hydrogens (tertiary/aromatic N) is 3. The second kappa shape index (κ2) is 14.0. The molecule has 0 saturated heterocycles. The molecule has 9 heteroatoms. The molecule has 5 rings (SSSR count). The molecule has 0 spiro atoms. The molecule has 2 N–H and O–H groups in total. The number of hydrogen-bond donors (Lipinski definition) is 2. The fraction of sp³-hybridized carbons (Fsp3) is 0.343. The average molecular weight is 612 g/mol. The van der Waals surface area contributed by atoms with Gasteiger partial charge in [0.1, 0.15) is 24.1 Å². The summed E-state index contributed by atoms with van der Waals surface area (Å²) >= 11 is 1.63. The highest BCUT2D eigenvalue weighted by molar-refractivity contribution is 7.99. The highest BCUT2D eigenvalue weighted by atomic mass is 32.2. The number of nitrogens with one attached hydrogen (secondary N) is 2. The van der Waals surface area contributed by atoms with Gasteiger partial charge >= 0.3 is 0 Å². The first-order valence-corrected chi connectivity index (χ1v) is 16.2. The van der Waals surface area contributed by atoms with Crippen molar-refractivity contribution in [3.05, 3.63) is 99.8 Å². The van der Waals surface area contributed by atoms with E-state index in [9.17, 15) is 4.79 Å². The third-order valence-corrected chi connectivity index (χ3v) is 8.71. The van der Waals surface area contributed by atoms with Crippen molar-refractivity contribution in [3.63, 3.8) is 0 Å². The molecule has 1 aliphatic rings. The smallest absolute Gasteiger partial charge is 0.255 e. The number of aryl methyl sites for hydroxylation is 3. The number of para-hydroxylation sites is 2. The summed E-state index contributed by atoms with van der Waals surface area (Å²) in [4.78, 5) is 18.8. The summed E-state index contributed by atoms with van der Waals surface area (Å²) in [5.74, 6) is 2.69. The van der Waals surface area contributed by atoms with Gasteiger partial charge in [0, 0.05) is 11.4 Å². The highest BCUT2D eigenvalue weighted by Gasteiger charge is 2.34. The Kier molecular flexibility index (Phi) is 9.95. The molecule has 0 fully saturated rings. The number of carbonyl (C=O) groups excluding carboxylic acids is 1. The van der Waals surface area contributed by atoms with E-state index in [0.29, 0.717) is 41.3 Å². The van der Waals surface area contributed by atoms with Crippen molar-refractivity contribution in [1.82, 2.24) is 14.8 Å². The third kappa shape index (κ3) is 6.94. The largest absolute Gasteiger partial charge is 0.492 e. The Hall–Kier alpha value is -4.24. The summed E-state index contributed by atoms with van der Waals surface area (Å²) < 4.78 is 13.8. The fourth-order valence-electron chi connectivity index (χ4n) is 5.23. The molecule has 1 atom stereocenters. The fourth-order valence-corrected chi connectivity index (χ4v) is 6.14. The minimum atomic E-state index is -0.491. The van der Waals surface area contributed by atoms with E-state index in [4.69, 9.17) is 19.6 Å². The minimum Gasteiger partial charge on any atom is -0.492 e. The summed E-state index contributed by atoms with van der Waals surface area (Å²) in [6, 6.07) is 19.3. The number of ether oxygens (including phenoxy) is 2. The molecule has 4 aromatic rings. The van der Waals surface area contributed by atoms with Gasteiger partial charge in [0.15, 0.2) is 0 Å². The van der Waals surface area contributed by atoms with Gasteiger partial charge in [0.25, 0.3) is 5.91 Å². The summed E-state index contributed by atoms with van der Waals surface area (Å²) in [5.41, 5.74) is 7.71. The average Bonchev–Trinajstić information content (AvgIpc) is 3.41. The maximum Gasteiger partial charge on any atom is 0.255 e. The lowest BCUT2D eigenvalue weighted by Gasteiger charge is -2.29. The molecular formula is C35H41N5O3S. The van der Waals surface area contributed by atoms with E-state index in [-0.39, 0.29) is 5.91 Å². The van der Waals surface area contributed by atoms with Crippen LogP contribution in [-0.4, -0.2) is 33.0 Å². The molecule has 1 aromatic heterocycles. The standard InChI is InChI=1S/C35H41N5O3S/c1-7-9-18-44-35-38-34-36-25(6)31(33(41)37-29-12-10-11-13-30(29)42-8-2)32(40(34)39-35)26-14-16-28(17-15-26)43-21-27-20-23(4)22(3)19-24(27)5/h10-17,19-20,32H,7-9,18,21H2,1-6H3,(H,37,41)(H,36,38,39). The second-order valence-corrected chi connectivity index (χ2v) is 12.1. The monoisotopic (exact) mass is 611 g/mol. The van der Waals surface area contributed by atoms with Gasteiger partial charge in [0.05, 0.1) is 17.9 Å². The van der Waals surface area contributed by atoms with E-state index in [0.717, 1.165) is 35.6 Å². The molecule has 0 saturated carbocycles. The number of rotatable bonds is 12. The first kappa shape index (κ1) is 31.2. The van der Waals surface area contributed by atoms with Crippen molar-refractivity contribution in [2.75, 3.05) is 23.0 Å². The number of anilines is 2. The van der Waals surface area contributed by atoms with Crippen molar-refractivity contribution in [3.8, 4) is 11.5 Å². The molecule has 3 aromatic carbocycles. The Labute approximate surface area is 264 Å². The number of amides is 1. The molecule has 0 bridgehead atoms. The molecular weight excluding hydrogens is 570 g/mol. The van der Waals surface area contributed by atoms with Gasteiger partial charge in [-0.25, -0.2) is 4.68 Å². The molecule has 8 nitrogen and oxygen atoms in total. The molecule has 230 valence electrons. The Morgan fingerprint density at radius 3 is 2.48 bits per heavy atom. The van der Waals surface area contributed by atoms with Crippen LogP contribution in [0.1, 0.15) is 67.5 Å². The predicted octanol–water partition coefficient (Wildman–Crippen LogP) is 8.00. The van der Waals surface area contributed by atoms with Gasteiger partial charge < -0.3 is 20.1 Å². The Morgan fingerprint density at radius 1 is 0.977 bits per heavy atom. The zero-order valence-electron chi connectivity index (χ0n) is 26.4. The van der Waals surface area contributed by atoms with Gasteiger partial charge in [-0.1, -0.05) is 61.5 Å². The van der Waals surface area contributed by atoms with Crippen molar-refractivity contribution in [2.45, 2.75) is 72.2 Å². The predicted molar refractivity (Wildman–Crippen MR) is 178 cm³/mol. The van der Waals surface area contributed by atoms with Crippen LogP contribution in [0.2, 0.25) is 0 Å². The van der Waals surface area contributed by atoms with Gasteiger partial charge in [-0.2, -0.15) is 4.98 Å². The summed E-state index contributed by atoms with van der Waals surface area (Å²) in [5, 5.41) is 12.0. The minimum absolute atomic E-state index is 0.237. The zero-order chi connectivity index (χ0) is 31.2. The van der Waals surface area contributed by atoms with Crippen LogP contribution in [0.5, 0.6) is 11.5 Å². The molecule has 2 heterocycles. The molecule has 0 aliphatic carbocycles. The number of thioether (sulfide) groups is 1. The van der Waals surface area contributed by atoms with Crippen LogP contribution in [0.4, 0.5) is 11.6 Å². The number of benzene rings is 3. The first-order valence-electron chi connectivity index (χ1n) is 15.2. The zero-order valence-corrected chi connectivity index (χ0v) is 27.2. The molecule has 0 radical (unpaired) electrons. The third-order valence-electron chi connectivity index (χ3n) is 7.78. The van der Waals surface area contributed by atoms with Crippen LogP contribution in [0.25, 0.3) is 0 Å². The number of fused-ring (bicyclic) bond motifs is 1. The number of unbranched alkanes of at least 4 members (excludes halogenated alkanes) is 1. The number of aromatic nitrogens is 3. The Morgan fingerprint density at radius 2 is 1.73 bits per heavy atom. The summed E-state index contributed by atoms with van der Waals surface area (Å²) in [7, 11) is 0. The Bertz CT molecular complexity index is 1660. The number of carbonyl (C=O) groups is 1. The SMILES string of the molecule is CCCCSc1nc2n(n1)C(c1ccc(OCc3cc(C)c(C)cc3C)cc1)C(C(=O)Nc1ccccc1OCC)=C(C)N2. The van der Waals surface area contributed by atoms with Crippen LogP contribution >= 0.6 is 11.8 Å². The van der Waals surface area contributed by atoms with E-state index >= 15 is 0 Å². The molecule has 1 unspecified atom stereocenters. The topological polar surface area (TPSA) is 90.3 Å². The van der Waals surface area contributed by atoms with Crippen molar-refractivity contribution >= 4 is 29.3 Å². The maximum atomic E-state index is 14.0. The van der Waals surface area contributed by atoms with Gasteiger partial charge in [-0.05, 0) is 93.1 Å². The number of hydrogen-bond acceptors (Lipinski definition) is 7. The summed E-state index contributed by atoms with van der Waals surface area (Å²) in [6.45, 7) is 13.3.